The third kappa shape index (κ3) is 3.62. The van der Waals surface area contributed by atoms with Crippen molar-refractivity contribution in [2.45, 2.75) is 0 Å². The number of ether oxygens (including phenoxy) is 1. The van der Waals surface area contributed by atoms with E-state index in [1.54, 1.807) is 37.6 Å². The Morgan fingerprint density at radius 3 is 2.62 bits per heavy atom. The fourth-order valence-electron chi connectivity index (χ4n) is 1.82. The van der Waals surface area contributed by atoms with Gasteiger partial charge in [-0.3, -0.25) is 9.47 Å². The zero-order valence-electron chi connectivity index (χ0n) is 12.3. The Bertz CT molecular complexity index is 629. The van der Waals surface area contributed by atoms with E-state index >= 15 is 0 Å². The second kappa shape index (κ2) is 6.60. The number of methoxy groups -OCH3 is 1. The Morgan fingerprint density at radius 1 is 1.29 bits per heavy atom. The van der Waals surface area contributed by atoms with Crippen LogP contribution in [0.15, 0.2) is 47.7 Å². The molecule has 21 heavy (non-hydrogen) atoms. The van der Waals surface area contributed by atoms with Crippen molar-refractivity contribution in [1.29, 1.82) is 0 Å². The first-order valence-corrected chi connectivity index (χ1v) is 6.44. The van der Waals surface area contributed by atoms with Crippen LogP contribution in [0.2, 0.25) is 0 Å². The van der Waals surface area contributed by atoms with E-state index in [0.29, 0.717) is 11.3 Å². The molecule has 6 heteroatoms. The van der Waals surface area contributed by atoms with Crippen LogP contribution in [0.25, 0.3) is 0 Å². The zero-order chi connectivity index (χ0) is 15.2. The fraction of sp³-hybridized carbons (Fsp3) is 0.200. The van der Waals surface area contributed by atoms with E-state index in [2.05, 4.69) is 10.5 Å². The lowest BCUT2D eigenvalue weighted by molar-refractivity contribution is 0.0955. The zero-order valence-corrected chi connectivity index (χ0v) is 12.3. The molecule has 110 valence electrons. The number of nitrogens with one attached hydrogen (secondary N) is 1. The van der Waals surface area contributed by atoms with E-state index in [-0.39, 0.29) is 5.91 Å². The molecule has 0 saturated carbocycles. The molecule has 0 aliphatic carbocycles. The molecule has 0 atom stereocenters. The SMILES string of the molecule is COc1ccc(C(=O)N/N=C\c2cccn2N(C)C)cc1. The molecule has 0 fully saturated rings. The standard InChI is InChI=1S/C15H18N4O2/c1-18(2)19-10-4-5-13(19)11-16-17-15(20)12-6-8-14(21-3)9-7-12/h4-11H,1-3H3,(H,17,20)/b16-11-. The average Bonchev–Trinajstić information content (AvgIpc) is 2.96. The summed E-state index contributed by atoms with van der Waals surface area (Å²) in [5.41, 5.74) is 3.89. The second-order valence-electron chi connectivity index (χ2n) is 4.55. The highest BCUT2D eigenvalue weighted by atomic mass is 16.5. The summed E-state index contributed by atoms with van der Waals surface area (Å²) in [6, 6.07) is 10.7. The van der Waals surface area contributed by atoms with Gasteiger partial charge in [0.2, 0.25) is 0 Å². The predicted octanol–water partition coefficient (Wildman–Crippen LogP) is 1.46. The van der Waals surface area contributed by atoms with Gasteiger partial charge in [0.1, 0.15) is 5.75 Å². The number of nitrogens with zero attached hydrogens (tertiary/aromatic N) is 3. The third-order valence-electron chi connectivity index (χ3n) is 2.90. The summed E-state index contributed by atoms with van der Waals surface area (Å²) < 4.78 is 6.95. The molecule has 2 aromatic rings. The lowest BCUT2D eigenvalue weighted by atomic mass is 10.2. The monoisotopic (exact) mass is 286 g/mol. The van der Waals surface area contributed by atoms with Crippen molar-refractivity contribution in [3.8, 4) is 5.75 Å². The number of rotatable bonds is 5. The normalized spacial score (nSPS) is 10.6. The fourth-order valence-corrected chi connectivity index (χ4v) is 1.82. The molecule has 1 aromatic carbocycles. The van der Waals surface area contributed by atoms with Crippen LogP contribution in [0.3, 0.4) is 0 Å². The number of hydrazone groups is 1. The molecule has 0 aliphatic rings. The molecule has 0 spiro atoms. The maximum absolute atomic E-state index is 11.9. The lowest BCUT2D eigenvalue weighted by Gasteiger charge is -2.15. The Balaban J connectivity index is 1.99. The van der Waals surface area contributed by atoms with Crippen LogP contribution in [0.4, 0.5) is 0 Å². The largest absolute Gasteiger partial charge is 0.497 e. The van der Waals surface area contributed by atoms with Crippen LogP contribution in [-0.2, 0) is 0 Å². The first-order valence-electron chi connectivity index (χ1n) is 6.44. The van der Waals surface area contributed by atoms with Crippen molar-refractivity contribution in [1.82, 2.24) is 10.1 Å². The van der Waals surface area contributed by atoms with E-state index in [4.69, 9.17) is 4.74 Å². The summed E-state index contributed by atoms with van der Waals surface area (Å²) in [6.07, 6.45) is 3.51. The molecule has 0 aliphatic heterocycles. The summed E-state index contributed by atoms with van der Waals surface area (Å²) in [5.74, 6) is 0.440. The van der Waals surface area contributed by atoms with Crippen molar-refractivity contribution in [3.63, 3.8) is 0 Å². The van der Waals surface area contributed by atoms with E-state index < -0.39 is 0 Å². The van der Waals surface area contributed by atoms with Gasteiger partial charge in [-0.25, -0.2) is 5.43 Å². The number of carbonyl (C=O) groups is 1. The quantitative estimate of drug-likeness (QED) is 0.668. The summed E-state index contributed by atoms with van der Waals surface area (Å²) in [5, 5.41) is 5.88. The summed E-state index contributed by atoms with van der Waals surface area (Å²) in [7, 11) is 5.43. The Hall–Kier alpha value is -2.76. The average molecular weight is 286 g/mol. The van der Waals surface area contributed by atoms with E-state index in [0.717, 1.165) is 5.69 Å². The highest BCUT2D eigenvalue weighted by Crippen LogP contribution is 2.10. The van der Waals surface area contributed by atoms with Gasteiger partial charge in [0.05, 0.1) is 19.0 Å². The smallest absolute Gasteiger partial charge is 0.271 e. The minimum Gasteiger partial charge on any atom is -0.497 e. The van der Waals surface area contributed by atoms with Gasteiger partial charge in [0.25, 0.3) is 5.91 Å². The predicted molar refractivity (Wildman–Crippen MR) is 82.6 cm³/mol. The lowest BCUT2D eigenvalue weighted by Crippen LogP contribution is -2.26. The van der Waals surface area contributed by atoms with Crippen molar-refractivity contribution in [2.24, 2.45) is 5.10 Å². The van der Waals surface area contributed by atoms with Gasteiger partial charge in [-0.2, -0.15) is 5.10 Å². The van der Waals surface area contributed by atoms with Crippen LogP contribution in [0.1, 0.15) is 16.1 Å². The van der Waals surface area contributed by atoms with Crippen LogP contribution < -0.4 is 15.2 Å². The molecule has 2 rings (SSSR count). The molecule has 1 amide bonds. The van der Waals surface area contributed by atoms with E-state index in [1.807, 2.05) is 42.1 Å². The first-order chi connectivity index (χ1) is 10.1. The van der Waals surface area contributed by atoms with Gasteiger partial charge in [-0.1, -0.05) is 0 Å². The van der Waals surface area contributed by atoms with Crippen molar-refractivity contribution in [2.75, 3.05) is 26.2 Å². The topological polar surface area (TPSA) is 58.9 Å². The van der Waals surface area contributed by atoms with Crippen LogP contribution in [0.5, 0.6) is 5.75 Å². The minimum atomic E-state index is -0.267. The number of amides is 1. The molecular weight excluding hydrogens is 268 g/mol. The second-order valence-corrected chi connectivity index (χ2v) is 4.55. The Morgan fingerprint density at radius 2 is 2.00 bits per heavy atom. The van der Waals surface area contributed by atoms with Gasteiger partial charge in [-0.05, 0) is 36.4 Å². The number of carbonyl (C=O) groups excluding carboxylic acids is 1. The number of benzene rings is 1. The number of aromatic nitrogens is 1. The Labute approximate surface area is 123 Å². The number of hydrogen-bond acceptors (Lipinski definition) is 4. The molecule has 0 radical (unpaired) electrons. The molecule has 0 unspecified atom stereocenters. The van der Waals surface area contributed by atoms with Gasteiger partial charge >= 0.3 is 0 Å². The third-order valence-corrected chi connectivity index (χ3v) is 2.90. The summed E-state index contributed by atoms with van der Waals surface area (Å²) in [6.45, 7) is 0. The Kier molecular flexibility index (Phi) is 4.61. The van der Waals surface area contributed by atoms with Crippen molar-refractivity contribution < 1.29 is 9.53 Å². The van der Waals surface area contributed by atoms with Crippen molar-refractivity contribution >= 4 is 12.1 Å². The first kappa shape index (κ1) is 14.6. The minimum absolute atomic E-state index is 0.267. The van der Waals surface area contributed by atoms with Crippen LogP contribution in [0, 0.1) is 0 Å². The molecular formula is C15H18N4O2. The van der Waals surface area contributed by atoms with Gasteiger partial charge in [-0.15, -0.1) is 0 Å². The maximum Gasteiger partial charge on any atom is 0.271 e. The van der Waals surface area contributed by atoms with E-state index in [1.165, 1.54) is 0 Å². The molecule has 0 bridgehead atoms. The van der Waals surface area contributed by atoms with E-state index in [9.17, 15) is 4.79 Å². The summed E-state index contributed by atoms with van der Waals surface area (Å²) in [4.78, 5) is 11.9. The van der Waals surface area contributed by atoms with Crippen LogP contribution in [-0.4, -0.2) is 38.0 Å². The van der Waals surface area contributed by atoms with Crippen molar-refractivity contribution in [3.05, 3.63) is 53.9 Å². The van der Waals surface area contributed by atoms with Gasteiger partial charge in [0, 0.05) is 25.9 Å². The molecule has 6 nitrogen and oxygen atoms in total. The molecule has 0 saturated heterocycles. The maximum atomic E-state index is 11.9. The van der Waals surface area contributed by atoms with Gasteiger partial charge in [0.15, 0.2) is 0 Å². The van der Waals surface area contributed by atoms with Gasteiger partial charge < -0.3 is 9.75 Å². The highest BCUT2D eigenvalue weighted by molar-refractivity contribution is 5.94. The summed E-state index contributed by atoms with van der Waals surface area (Å²) >= 11 is 0. The molecule has 1 heterocycles. The highest BCUT2D eigenvalue weighted by Gasteiger charge is 2.04. The number of hydrogen-bond donors (Lipinski definition) is 1. The molecule has 1 N–H and O–H groups in total. The molecule has 1 aromatic heterocycles. The van der Waals surface area contributed by atoms with Crippen LogP contribution >= 0.6 is 0 Å².